The molecule has 0 radical (unpaired) electrons. The molecule has 0 saturated heterocycles. The molecule has 0 aliphatic heterocycles. The standard InChI is InChI=1S/C24H27ClF3NO3/c1-13(2)18(12-21(30)31)17-9-10-19(25)20(11-17)29-23(32)22(15(4)24(26,27)28)16-7-5-14(3)6-8-16/h5-11,13,15,18,22H,12H2,1-4H3,(H,29,32)(H,30,31)/t15-,18?,22+/m1/s1. The lowest BCUT2D eigenvalue weighted by Crippen LogP contribution is -2.34. The van der Waals surface area contributed by atoms with Gasteiger partial charge >= 0.3 is 12.1 Å². The minimum absolute atomic E-state index is 0.0126. The normalized spacial score (nSPS) is 14.7. The van der Waals surface area contributed by atoms with E-state index in [0.29, 0.717) is 5.56 Å². The molecule has 0 spiro atoms. The summed E-state index contributed by atoms with van der Waals surface area (Å²) in [6, 6.07) is 11.1. The van der Waals surface area contributed by atoms with E-state index in [1.54, 1.807) is 25.1 Å². The number of anilines is 1. The highest BCUT2D eigenvalue weighted by Gasteiger charge is 2.45. The molecule has 0 fully saturated rings. The fourth-order valence-electron chi connectivity index (χ4n) is 3.64. The Morgan fingerprint density at radius 2 is 1.59 bits per heavy atom. The molecule has 4 nitrogen and oxygen atoms in total. The van der Waals surface area contributed by atoms with Crippen molar-refractivity contribution in [2.75, 3.05) is 5.32 Å². The Morgan fingerprint density at radius 3 is 2.09 bits per heavy atom. The van der Waals surface area contributed by atoms with Crippen LogP contribution in [0.5, 0.6) is 0 Å². The van der Waals surface area contributed by atoms with Crippen LogP contribution in [0, 0.1) is 18.8 Å². The zero-order valence-corrected chi connectivity index (χ0v) is 19.1. The minimum atomic E-state index is -4.58. The van der Waals surface area contributed by atoms with Gasteiger partial charge in [-0.2, -0.15) is 13.2 Å². The largest absolute Gasteiger partial charge is 0.481 e. The Bertz CT molecular complexity index is 958. The molecule has 0 bridgehead atoms. The summed E-state index contributed by atoms with van der Waals surface area (Å²) in [7, 11) is 0. The molecule has 8 heteroatoms. The molecule has 0 aromatic heterocycles. The Labute approximate surface area is 190 Å². The molecule has 2 aromatic rings. The highest BCUT2D eigenvalue weighted by molar-refractivity contribution is 6.33. The van der Waals surface area contributed by atoms with Gasteiger partial charge in [0.25, 0.3) is 0 Å². The van der Waals surface area contributed by atoms with Gasteiger partial charge in [-0.1, -0.05) is 68.3 Å². The fraction of sp³-hybridized carbons (Fsp3) is 0.417. The van der Waals surface area contributed by atoms with E-state index in [2.05, 4.69) is 5.32 Å². The van der Waals surface area contributed by atoms with Gasteiger partial charge in [0.2, 0.25) is 5.91 Å². The number of carboxylic acid groups (broad SMARTS) is 1. The summed E-state index contributed by atoms with van der Waals surface area (Å²) >= 11 is 6.22. The average Bonchev–Trinajstić information content (AvgIpc) is 2.68. The maximum atomic E-state index is 13.6. The number of benzene rings is 2. The van der Waals surface area contributed by atoms with Gasteiger partial charge in [0, 0.05) is 0 Å². The van der Waals surface area contributed by atoms with Crippen LogP contribution in [0.4, 0.5) is 18.9 Å². The van der Waals surface area contributed by atoms with Crippen LogP contribution in [0.25, 0.3) is 0 Å². The summed E-state index contributed by atoms with van der Waals surface area (Å²) in [6.07, 6.45) is -4.70. The van der Waals surface area contributed by atoms with Gasteiger partial charge in [0.15, 0.2) is 0 Å². The number of nitrogens with one attached hydrogen (secondary N) is 1. The number of carbonyl (C=O) groups is 2. The third-order valence-electron chi connectivity index (χ3n) is 5.61. The lowest BCUT2D eigenvalue weighted by Gasteiger charge is -2.26. The van der Waals surface area contributed by atoms with Crippen LogP contribution in [-0.2, 0) is 9.59 Å². The fourth-order valence-corrected chi connectivity index (χ4v) is 3.80. The molecule has 0 aliphatic rings. The van der Waals surface area contributed by atoms with Crippen molar-refractivity contribution in [2.45, 2.75) is 52.1 Å². The van der Waals surface area contributed by atoms with Gasteiger partial charge in [-0.25, -0.2) is 0 Å². The zero-order valence-electron chi connectivity index (χ0n) is 18.3. The predicted octanol–water partition coefficient (Wildman–Crippen LogP) is 6.78. The molecule has 0 saturated carbocycles. The van der Waals surface area contributed by atoms with Crippen LogP contribution < -0.4 is 5.32 Å². The Morgan fingerprint density at radius 1 is 1.03 bits per heavy atom. The molecule has 2 N–H and O–H groups in total. The lowest BCUT2D eigenvalue weighted by atomic mass is 9.84. The van der Waals surface area contributed by atoms with E-state index in [0.717, 1.165) is 12.5 Å². The molecule has 2 rings (SSSR count). The molecule has 0 heterocycles. The van der Waals surface area contributed by atoms with Crippen LogP contribution in [-0.4, -0.2) is 23.2 Å². The predicted molar refractivity (Wildman–Crippen MR) is 119 cm³/mol. The third-order valence-corrected chi connectivity index (χ3v) is 5.94. The molecule has 1 unspecified atom stereocenters. The van der Waals surface area contributed by atoms with E-state index >= 15 is 0 Å². The van der Waals surface area contributed by atoms with E-state index in [9.17, 15) is 27.9 Å². The van der Waals surface area contributed by atoms with Gasteiger partial charge < -0.3 is 10.4 Å². The third kappa shape index (κ3) is 6.48. The highest BCUT2D eigenvalue weighted by Crippen LogP contribution is 2.39. The number of alkyl halides is 3. The number of amides is 1. The lowest BCUT2D eigenvalue weighted by molar-refractivity contribution is -0.178. The number of hydrogen-bond acceptors (Lipinski definition) is 2. The Hall–Kier alpha value is -2.54. The van der Waals surface area contributed by atoms with Crippen molar-refractivity contribution in [3.05, 3.63) is 64.2 Å². The van der Waals surface area contributed by atoms with Gasteiger partial charge in [0.05, 0.1) is 29.0 Å². The number of aliphatic carboxylic acids is 1. The summed E-state index contributed by atoms with van der Waals surface area (Å²) in [5.74, 6) is -5.57. The van der Waals surface area contributed by atoms with Gasteiger partial charge in [-0.05, 0) is 42.0 Å². The second-order valence-electron chi connectivity index (χ2n) is 8.40. The second-order valence-corrected chi connectivity index (χ2v) is 8.80. The van der Waals surface area contributed by atoms with E-state index in [-0.39, 0.29) is 34.5 Å². The van der Waals surface area contributed by atoms with Crippen molar-refractivity contribution in [2.24, 2.45) is 11.8 Å². The average molecular weight is 470 g/mol. The summed E-state index contributed by atoms with van der Waals surface area (Å²) in [4.78, 5) is 24.3. The number of carbonyl (C=O) groups excluding carboxylic acids is 1. The molecule has 2 aromatic carbocycles. The van der Waals surface area contributed by atoms with Crippen LogP contribution in [0.2, 0.25) is 5.02 Å². The van der Waals surface area contributed by atoms with Crippen molar-refractivity contribution in [1.82, 2.24) is 0 Å². The van der Waals surface area contributed by atoms with Crippen molar-refractivity contribution in [3.63, 3.8) is 0 Å². The summed E-state index contributed by atoms with van der Waals surface area (Å²) in [5, 5.41) is 11.9. The summed E-state index contributed by atoms with van der Waals surface area (Å²) in [5.41, 5.74) is 1.90. The molecule has 0 aliphatic carbocycles. The first-order valence-electron chi connectivity index (χ1n) is 10.3. The van der Waals surface area contributed by atoms with Crippen LogP contribution in [0.1, 0.15) is 55.7 Å². The smallest absolute Gasteiger partial charge is 0.392 e. The maximum absolute atomic E-state index is 13.6. The van der Waals surface area contributed by atoms with E-state index in [4.69, 9.17) is 11.6 Å². The Balaban J connectivity index is 2.42. The Kier molecular flexibility index (Phi) is 8.35. The van der Waals surface area contributed by atoms with Crippen molar-refractivity contribution >= 4 is 29.2 Å². The SMILES string of the molecule is Cc1ccc([C@@H](C(=O)Nc2cc(C(CC(=O)O)C(C)C)ccc2Cl)[C@@H](C)C(F)(F)F)cc1. The summed E-state index contributed by atoms with van der Waals surface area (Å²) in [6.45, 7) is 6.53. The first kappa shape index (κ1) is 25.7. The quantitative estimate of drug-likeness (QED) is 0.447. The second kappa shape index (κ2) is 10.4. The van der Waals surface area contributed by atoms with Gasteiger partial charge in [0.1, 0.15) is 0 Å². The minimum Gasteiger partial charge on any atom is -0.481 e. The van der Waals surface area contributed by atoms with E-state index < -0.39 is 29.9 Å². The number of aryl methyl sites for hydroxylation is 1. The first-order valence-corrected chi connectivity index (χ1v) is 10.6. The van der Waals surface area contributed by atoms with Crippen LogP contribution in [0.3, 0.4) is 0 Å². The molecular formula is C24H27ClF3NO3. The van der Waals surface area contributed by atoms with Crippen LogP contribution in [0.15, 0.2) is 42.5 Å². The maximum Gasteiger partial charge on any atom is 0.392 e. The monoisotopic (exact) mass is 469 g/mol. The van der Waals surface area contributed by atoms with E-state index in [1.165, 1.54) is 24.3 Å². The number of hydrogen-bond donors (Lipinski definition) is 2. The topological polar surface area (TPSA) is 66.4 Å². The molecule has 32 heavy (non-hydrogen) atoms. The zero-order chi connectivity index (χ0) is 24.2. The van der Waals surface area contributed by atoms with E-state index in [1.807, 2.05) is 13.8 Å². The number of carboxylic acids is 1. The van der Waals surface area contributed by atoms with Gasteiger partial charge in [-0.15, -0.1) is 0 Å². The highest BCUT2D eigenvalue weighted by atomic mass is 35.5. The molecule has 1 amide bonds. The van der Waals surface area contributed by atoms with Crippen LogP contribution >= 0.6 is 11.6 Å². The summed E-state index contributed by atoms with van der Waals surface area (Å²) < 4.78 is 40.7. The van der Waals surface area contributed by atoms with Crippen molar-refractivity contribution in [1.29, 1.82) is 0 Å². The molecule has 174 valence electrons. The molecular weight excluding hydrogens is 443 g/mol. The van der Waals surface area contributed by atoms with Crippen molar-refractivity contribution in [3.8, 4) is 0 Å². The number of rotatable bonds is 8. The van der Waals surface area contributed by atoms with Crippen molar-refractivity contribution < 1.29 is 27.9 Å². The molecule has 3 atom stereocenters. The number of halogens is 4. The first-order chi connectivity index (χ1) is 14.8. The van der Waals surface area contributed by atoms with Gasteiger partial charge in [-0.3, -0.25) is 9.59 Å².